The summed E-state index contributed by atoms with van der Waals surface area (Å²) in [5, 5.41) is 13.4. The van der Waals surface area contributed by atoms with Gasteiger partial charge in [-0.15, -0.1) is 0 Å². The Hall–Kier alpha value is -2.03. The second-order valence-electron chi connectivity index (χ2n) is 9.34. The number of amides is 2. The maximum Gasteiger partial charge on any atom is 0.317 e. The summed E-state index contributed by atoms with van der Waals surface area (Å²) in [4.78, 5) is 17.4. The Bertz CT molecular complexity index is 791. The summed E-state index contributed by atoms with van der Waals surface area (Å²) in [5.74, 6) is 6.69. The Morgan fingerprint density at radius 2 is 1.87 bits per heavy atom. The second-order valence-corrected chi connectivity index (χ2v) is 9.34. The normalized spacial score (nSPS) is 26.8. The van der Waals surface area contributed by atoms with Gasteiger partial charge in [0.2, 0.25) is 0 Å². The van der Waals surface area contributed by atoms with Crippen molar-refractivity contribution in [3.05, 3.63) is 35.4 Å². The van der Waals surface area contributed by atoms with Gasteiger partial charge in [-0.25, -0.2) is 4.79 Å². The van der Waals surface area contributed by atoms with Crippen LogP contribution in [0.2, 0.25) is 0 Å². The van der Waals surface area contributed by atoms with Gasteiger partial charge in [0.1, 0.15) is 0 Å². The summed E-state index contributed by atoms with van der Waals surface area (Å²) in [7, 11) is 0. The zero-order valence-corrected chi connectivity index (χ0v) is 18.9. The smallest absolute Gasteiger partial charge is 0.317 e. The first-order chi connectivity index (χ1) is 15.2. The highest BCUT2D eigenvalue weighted by atomic mass is 16.3. The number of benzene rings is 1. The molecular weight excluding hydrogens is 386 g/mol. The SMILES string of the molecule is CCCC#Cc1ccc([C@H]2[C@@H](CO)N3CCCCN(C(=O)NC4CCCC4)C[C@@H]23)cc1. The Labute approximate surface area is 187 Å². The van der Waals surface area contributed by atoms with Gasteiger partial charge in [0, 0.05) is 49.1 Å². The number of fused-ring (bicyclic) bond motifs is 1. The number of nitrogens with one attached hydrogen (secondary N) is 1. The van der Waals surface area contributed by atoms with Gasteiger partial charge in [-0.1, -0.05) is 43.7 Å². The van der Waals surface area contributed by atoms with Gasteiger partial charge < -0.3 is 15.3 Å². The molecule has 1 aromatic rings. The number of nitrogens with zero attached hydrogens (tertiary/aromatic N) is 2. The van der Waals surface area contributed by atoms with Crippen molar-refractivity contribution in [2.24, 2.45) is 0 Å². The van der Waals surface area contributed by atoms with Crippen molar-refractivity contribution in [2.75, 3.05) is 26.2 Å². The third-order valence-electron chi connectivity index (χ3n) is 7.24. The lowest BCUT2D eigenvalue weighted by Crippen LogP contribution is -2.68. The van der Waals surface area contributed by atoms with Crippen molar-refractivity contribution in [1.82, 2.24) is 15.1 Å². The van der Waals surface area contributed by atoms with Crippen molar-refractivity contribution in [1.29, 1.82) is 0 Å². The zero-order valence-electron chi connectivity index (χ0n) is 18.9. The molecule has 0 bridgehead atoms. The summed E-state index contributed by atoms with van der Waals surface area (Å²) >= 11 is 0. The van der Waals surface area contributed by atoms with Crippen LogP contribution >= 0.6 is 0 Å². The fourth-order valence-electron chi connectivity index (χ4n) is 5.54. The Morgan fingerprint density at radius 3 is 2.58 bits per heavy atom. The van der Waals surface area contributed by atoms with Gasteiger partial charge in [-0.05, 0) is 56.3 Å². The molecular formula is C26H37N3O2. The van der Waals surface area contributed by atoms with E-state index >= 15 is 0 Å². The quantitative estimate of drug-likeness (QED) is 0.726. The van der Waals surface area contributed by atoms with E-state index < -0.39 is 0 Å². The van der Waals surface area contributed by atoms with Crippen LogP contribution in [0.15, 0.2) is 24.3 Å². The van der Waals surface area contributed by atoms with E-state index in [2.05, 4.69) is 53.2 Å². The maximum atomic E-state index is 13.0. The summed E-state index contributed by atoms with van der Waals surface area (Å²) in [6.07, 6.45) is 8.76. The van der Waals surface area contributed by atoms with E-state index in [0.29, 0.717) is 6.04 Å². The zero-order chi connectivity index (χ0) is 21.6. The minimum Gasteiger partial charge on any atom is -0.395 e. The van der Waals surface area contributed by atoms with Crippen LogP contribution in [0.5, 0.6) is 0 Å². The third kappa shape index (κ3) is 5.07. The molecule has 3 atom stereocenters. The van der Waals surface area contributed by atoms with Crippen molar-refractivity contribution >= 4 is 6.03 Å². The predicted molar refractivity (Wildman–Crippen MR) is 124 cm³/mol. The van der Waals surface area contributed by atoms with Gasteiger partial charge in [-0.3, -0.25) is 4.90 Å². The Morgan fingerprint density at radius 1 is 1.13 bits per heavy atom. The first-order valence-electron chi connectivity index (χ1n) is 12.2. The van der Waals surface area contributed by atoms with Gasteiger partial charge in [0.25, 0.3) is 0 Å². The predicted octanol–water partition coefficient (Wildman–Crippen LogP) is 3.71. The molecule has 2 N–H and O–H groups in total. The standard InChI is InChI=1S/C26H37N3O2/c1-2-3-4-9-20-12-14-21(15-13-20)25-23-18-28(26(31)27-22-10-5-6-11-22)16-7-8-17-29(23)24(25)19-30/h12-15,22-25,30H,2-3,5-8,10-11,16-19H2,1H3,(H,27,31)/t23-,24+,25+/m0/s1. The number of unbranched alkanes of at least 4 members (excludes halogenated alkanes) is 1. The summed E-state index contributed by atoms with van der Waals surface area (Å²) in [6.45, 7) is 4.86. The van der Waals surface area contributed by atoms with Crippen molar-refractivity contribution in [2.45, 2.75) is 82.3 Å². The molecule has 0 unspecified atom stereocenters. The molecule has 0 aromatic heterocycles. The highest BCUT2D eigenvalue weighted by Crippen LogP contribution is 2.42. The van der Waals surface area contributed by atoms with E-state index in [9.17, 15) is 9.90 Å². The monoisotopic (exact) mass is 423 g/mol. The van der Waals surface area contributed by atoms with Crippen LogP contribution in [-0.4, -0.2) is 65.3 Å². The number of hydrogen-bond acceptors (Lipinski definition) is 3. The van der Waals surface area contributed by atoms with E-state index in [-0.39, 0.29) is 30.6 Å². The number of aliphatic hydroxyl groups excluding tert-OH is 1. The number of aliphatic hydroxyl groups is 1. The number of carbonyl (C=O) groups is 1. The van der Waals surface area contributed by atoms with E-state index in [1.54, 1.807) is 0 Å². The van der Waals surface area contributed by atoms with Crippen LogP contribution in [0.25, 0.3) is 0 Å². The maximum absolute atomic E-state index is 13.0. The molecule has 2 saturated heterocycles. The summed E-state index contributed by atoms with van der Waals surface area (Å²) < 4.78 is 0. The third-order valence-corrected chi connectivity index (χ3v) is 7.24. The first kappa shape index (κ1) is 22.2. The topological polar surface area (TPSA) is 55.8 Å². The lowest BCUT2D eigenvalue weighted by Gasteiger charge is -2.57. The van der Waals surface area contributed by atoms with E-state index in [0.717, 1.165) is 63.7 Å². The average molecular weight is 424 g/mol. The van der Waals surface area contributed by atoms with Crippen LogP contribution in [-0.2, 0) is 0 Å². The van der Waals surface area contributed by atoms with Crippen LogP contribution < -0.4 is 5.32 Å². The molecule has 1 saturated carbocycles. The molecule has 2 aliphatic heterocycles. The minimum atomic E-state index is 0.0986. The highest BCUT2D eigenvalue weighted by Gasteiger charge is 2.49. The molecule has 0 radical (unpaired) electrons. The number of carbonyl (C=O) groups excluding carboxylic acids is 1. The molecule has 168 valence electrons. The minimum absolute atomic E-state index is 0.0986. The molecule has 1 aliphatic carbocycles. The van der Waals surface area contributed by atoms with Crippen LogP contribution in [0.3, 0.4) is 0 Å². The first-order valence-corrected chi connectivity index (χ1v) is 12.2. The molecule has 31 heavy (non-hydrogen) atoms. The molecule has 5 nitrogen and oxygen atoms in total. The van der Waals surface area contributed by atoms with Crippen LogP contribution in [0, 0.1) is 11.8 Å². The van der Waals surface area contributed by atoms with Crippen molar-refractivity contribution in [3.63, 3.8) is 0 Å². The van der Waals surface area contributed by atoms with E-state index in [1.165, 1.54) is 18.4 Å². The number of rotatable bonds is 4. The lowest BCUT2D eigenvalue weighted by atomic mass is 9.74. The van der Waals surface area contributed by atoms with Gasteiger partial charge >= 0.3 is 6.03 Å². The van der Waals surface area contributed by atoms with Gasteiger partial charge in [0.05, 0.1) is 6.61 Å². The largest absolute Gasteiger partial charge is 0.395 e. The Kier molecular flexibility index (Phi) is 7.53. The molecule has 2 heterocycles. The molecule has 4 rings (SSSR count). The molecule has 0 spiro atoms. The van der Waals surface area contributed by atoms with Crippen LogP contribution in [0.4, 0.5) is 4.79 Å². The number of urea groups is 1. The van der Waals surface area contributed by atoms with Crippen LogP contribution in [0.1, 0.15) is 75.3 Å². The molecule has 3 fully saturated rings. The average Bonchev–Trinajstić information content (AvgIpc) is 3.27. The second kappa shape index (κ2) is 10.5. The fraction of sp³-hybridized carbons (Fsp3) is 0.654. The summed E-state index contributed by atoms with van der Waals surface area (Å²) in [5.41, 5.74) is 2.29. The van der Waals surface area contributed by atoms with Crippen molar-refractivity contribution in [3.8, 4) is 11.8 Å². The molecule has 1 aromatic carbocycles. The highest BCUT2D eigenvalue weighted by molar-refractivity contribution is 5.74. The molecule has 5 heteroatoms. The van der Waals surface area contributed by atoms with E-state index in [4.69, 9.17) is 0 Å². The number of hydrogen-bond donors (Lipinski definition) is 2. The fourth-order valence-corrected chi connectivity index (χ4v) is 5.54. The van der Waals surface area contributed by atoms with Gasteiger partial charge in [-0.2, -0.15) is 0 Å². The Balaban J connectivity index is 1.47. The molecule has 2 amide bonds. The molecule has 3 aliphatic rings. The van der Waals surface area contributed by atoms with E-state index in [1.807, 2.05) is 4.90 Å². The van der Waals surface area contributed by atoms with Crippen molar-refractivity contribution < 1.29 is 9.90 Å². The lowest BCUT2D eigenvalue weighted by molar-refractivity contribution is -0.0591. The van der Waals surface area contributed by atoms with Gasteiger partial charge in [0.15, 0.2) is 0 Å². The summed E-state index contributed by atoms with van der Waals surface area (Å²) in [6, 6.07) is 9.39.